The number of anilines is 1. The number of nitrogens with one attached hydrogen (secondary N) is 1. The summed E-state index contributed by atoms with van der Waals surface area (Å²) in [6.07, 6.45) is 5.61. The first-order chi connectivity index (χ1) is 12.1. The minimum atomic E-state index is -0.438. The van der Waals surface area contributed by atoms with Crippen molar-refractivity contribution in [1.29, 1.82) is 0 Å². The molecule has 1 fully saturated rings. The lowest BCUT2D eigenvalue weighted by Crippen LogP contribution is -2.32. The van der Waals surface area contributed by atoms with Crippen molar-refractivity contribution in [3.05, 3.63) is 35.1 Å². The van der Waals surface area contributed by atoms with Gasteiger partial charge in [0.2, 0.25) is 5.91 Å². The molecule has 0 unspecified atom stereocenters. The third-order valence-electron chi connectivity index (χ3n) is 3.73. The predicted octanol–water partition coefficient (Wildman–Crippen LogP) is 2.11. The first-order valence-corrected chi connectivity index (χ1v) is 8.93. The van der Waals surface area contributed by atoms with Crippen LogP contribution in [0, 0.1) is 5.82 Å². The van der Waals surface area contributed by atoms with E-state index in [0.717, 1.165) is 30.9 Å². The molecule has 7 nitrogen and oxygen atoms in total. The maximum atomic E-state index is 12.9. The Balaban J connectivity index is 0.00000243. The number of halogens is 1. The standard InChI is InChI=1S/C16H20FN5O2S.H2/c1-11(23)21-16-20-8-14(25-16)10-22-3-2-4-24-13(9-22)5-15-18-6-12(17)7-19-15;/h6-8,13H,2-5,9-10H2,1H3,(H,20,21,23);1H/t13-;/m0./s1. The summed E-state index contributed by atoms with van der Waals surface area (Å²) in [7, 11) is 0. The van der Waals surface area contributed by atoms with Crippen LogP contribution < -0.4 is 5.32 Å². The summed E-state index contributed by atoms with van der Waals surface area (Å²) in [5.74, 6) is 0.0229. The normalized spacial score (nSPS) is 18.7. The van der Waals surface area contributed by atoms with Crippen molar-refractivity contribution in [2.45, 2.75) is 32.4 Å². The van der Waals surface area contributed by atoms with Crippen LogP contribution in [0.4, 0.5) is 9.52 Å². The van der Waals surface area contributed by atoms with Crippen molar-refractivity contribution < 1.29 is 15.3 Å². The lowest BCUT2D eigenvalue weighted by molar-refractivity contribution is -0.114. The van der Waals surface area contributed by atoms with Crippen molar-refractivity contribution in [3.8, 4) is 0 Å². The summed E-state index contributed by atoms with van der Waals surface area (Å²) < 4.78 is 18.8. The summed E-state index contributed by atoms with van der Waals surface area (Å²) in [4.78, 5) is 26.7. The molecular formula is C16H22FN5O2S. The molecule has 1 saturated heterocycles. The molecule has 136 valence electrons. The minimum absolute atomic E-state index is 0. The largest absolute Gasteiger partial charge is 0.376 e. The summed E-state index contributed by atoms with van der Waals surface area (Å²) >= 11 is 1.48. The average Bonchev–Trinajstić information content (AvgIpc) is 2.87. The third kappa shape index (κ3) is 5.52. The molecule has 0 bridgehead atoms. The van der Waals surface area contributed by atoms with E-state index in [-0.39, 0.29) is 13.4 Å². The van der Waals surface area contributed by atoms with E-state index in [0.29, 0.717) is 24.0 Å². The number of amides is 1. The Morgan fingerprint density at radius 3 is 3.00 bits per heavy atom. The van der Waals surface area contributed by atoms with Gasteiger partial charge in [0.15, 0.2) is 10.9 Å². The number of nitrogens with zero attached hydrogens (tertiary/aromatic N) is 4. The number of rotatable bonds is 5. The molecule has 1 N–H and O–H groups in total. The zero-order chi connectivity index (χ0) is 17.6. The molecule has 0 saturated carbocycles. The van der Waals surface area contributed by atoms with Gasteiger partial charge in [-0.3, -0.25) is 9.69 Å². The fourth-order valence-corrected chi connectivity index (χ4v) is 3.60. The second-order valence-electron chi connectivity index (χ2n) is 5.92. The van der Waals surface area contributed by atoms with Crippen LogP contribution in [0.1, 0.15) is 25.5 Å². The van der Waals surface area contributed by atoms with Crippen LogP contribution in [0.25, 0.3) is 0 Å². The molecule has 9 heteroatoms. The average molecular weight is 367 g/mol. The van der Waals surface area contributed by atoms with Gasteiger partial charge >= 0.3 is 0 Å². The second kappa shape index (κ2) is 8.41. The number of ether oxygens (including phenoxy) is 1. The maximum absolute atomic E-state index is 12.9. The SMILES string of the molecule is CC(=O)Nc1ncc(CN2CCCO[C@@H](Cc3ncc(F)cn3)C2)s1.[HH]. The number of carbonyl (C=O) groups is 1. The molecule has 1 atom stereocenters. The highest BCUT2D eigenvalue weighted by Gasteiger charge is 2.21. The van der Waals surface area contributed by atoms with Gasteiger partial charge in [-0.15, -0.1) is 11.3 Å². The number of hydrogen-bond donors (Lipinski definition) is 1. The van der Waals surface area contributed by atoms with E-state index < -0.39 is 5.82 Å². The molecule has 0 aromatic carbocycles. The van der Waals surface area contributed by atoms with Crippen molar-refractivity contribution in [2.24, 2.45) is 0 Å². The minimum Gasteiger partial charge on any atom is -0.376 e. The van der Waals surface area contributed by atoms with Gasteiger partial charge in [-0.1, -0.05) is 0 Å². The van der Waals surface area contributed by atoms with E-state index in [1.165, 1.54) is 30.7 Å². The van der Waals surface area contributed by atoms with Gasteiger partial charge in [-0.2, -0.15) is 0 Å². The number of aromatic nitrogens is 3. The number of carbonyl (C=O) groups excluding carboxylic acids is 1. The molecule has 2 aromatic rings. The van der Waals surface area contributed by atoms with Crippen LogP contribution >= 0.6 is 11.3 Å². The fraction of sp³-hybridized carbons (Fsp3) is 0.500. The zero-order valence-electron chi connectivity index (χ0n) is 13.9. The van der Waals surface area contributed by atoms with Crippen molar-refractivity contribution in [1.82, 2.24) is 19.9 Å². The Bertz CT molecular complexity index is 715. The summed E-state index contributed by atoms with van der Waals surface area (Å²) in [6.45, 7) is 4.57. The van der Waals surface area contributed by atoms with E-state index in [1.807, 2.05) is 0 Å². The molecule has 25 heavy (non-hydrogen) atoms. The first kappa shape index (κ1) is 17.8. The fourth-order valence-electron chi connectivity index (χ4n) is 2.69. The van der Waals surface area contributed by atoms with Crippen LogP contribution in [0.15, 0.2) is 18.6 Å². The van der Waals surface area contributed by atoms with Crippen LogP contribution in [0.2, 0.25) is 0 Å². The molecule has 2 aromatic heterocycles. The lowest BCUT2D eigenvalue weighted by atomic mass is 10.2. The number of hydrogen-bond acceptors (Lipinski definition) is 7. The zero-order valence-corrected chi connectivity index (χ0v) is 14.8. The monoisotopic (exact) mass is 367 g/mol. The Morgan fingerprint density at radius 2 is 2.24 bits per heavy atom. The highest BCUT2D eigenvalue weighted by atomic mass is 32.1. The molecule has 3 heterocycles. The molecule has 1 aliphatic rings. The lowest BCUT2D eigenvalue weighted by Gasteiger charge is -2.22. The van der Waals surface area contributed by atoms with Crippen LogP contribution in [-0.2, 0) is 22.5 Å². The van der Waals surface area contributed by atoms with Gasteiger partial charge in [0, 0.05) is 52.1 Å². The van der Waals surface area contributed by atoms with Gasteiger partial charge < -0.3 is 10.1 Å². The topological polar surface area (TPSA) is 80.2 Å². The number of thiazole rings is 1. The van der Waals surface area contributed by atoms with E-state index >= 15 is 0 Å². The van der Waals surface area contributed by atoms with E-state index in [1.54, 1.807) is 6.20 Å². The van der Waals surface area contributed by atoms with Crippen molar-refractivity contribution in [2.75, 3.05) is 25.0 Å². The highest BCUT2D eigenvalue weighted by Crippen LogP contribution is 2.21. The first-order valence-electron chi connectivity index (χ1n) is 8.11. The molecule has 1 aliphatic heterocycles. The maximum Gasteiger partial charge on any atom is 0.223 e. The Hall–Kier alpha value is -1.97. The predicted molar refractivity (Wildman–Crippen MR) is 93.9 cm³/mol. The third-order valence-corrected chi connectivity index (χ3v) is 4.63. The molecule has 0 aliphatic carbocycles. The van der Waals surface area contributed by atoms with Gasteiger partial charge in [0.05, 0.1) is 18.5 Å². The highest BCUT2D eigenvalue weighted by molar-refractivity contribution is 7.15. The van der Waals surface area contributed by atoms with Gasteiger partial charge in [-0.05, 0) is 6.42 Å². The van der Waals surface area contributed by atoms with Crippen molar-refractivity contribution >= 4 is 22.4 Å². The van der Waals surface area contributed by atoms with Crippen LogP contribution in [-0.4, -0.2) is 51.6 Å². The van der Waals surface area contributed by atoms with Crippen LogP contribution in [0.5, 0.6) is 0 Å². The molecule has 0 radical (unpaired) electrons. The van der Waals surface area contributed by atoms with E-state index in [9.17, 15) is 9.18 Å². The van der Waals surface area contributed by atoms with Crippen molar-refractivity contribution in [3.63, 3.8) is 0 Å². The Morgan fingerprint density at radius 1 is 1.44 bits per heavy atom. The smallest absolute Gasteiger partial charge is 0.223 e. The van der Waals surface area contributed by atoms with Gasteiger partial charge in [0.1, 0.15) is 5.82 Å². The van der Waals surface area contributed by atoms with E-state index in [4.69, 9.17) is 4.74 Å². The Labute approximate surface area is 150 Å². The molecular weight excluding hydrogens is 345 g/mol. The molecule has 0 spiro atoms. The summed E-state index contributed by atoms with van der Waals surface area (Å²) in [5.41, 5.74) is 0. The van der Waals surface area contributed by atoms with Crippen LogP contribution in [0.3, 0.4) is 0 Å². The summed E-state index contributed by atoms with van der Waals surface area (Å²) in [6, 6.07) is 0. The quantitative estimate of drug-likeness (QED) is 0.872. The molecule has 1 amide bonds. The second-order valence-corrected chi connectivity index (χ2v) is 7.03. The van der Waals surface area contributed by atoms with E-state index in [2.05, 4.69) is 25.2 Å². The van der Waals surface area contributed by atoms with Gasteiger partial charge in [-0.25, -0.2) is 19.3 Å². The summed E-state index contributed by atoms with van der Waals surface area (Å²) in [5, 5.41) is 3.31. The van der Waals surface area contributed by atoms with Gasteiger partial charge in [0.25, 0.3) is 0 Å². The Kier molecular flexibility index (Phi) is 6.00. The molecule has 3 rings (SSSR count).